The van der Waals surface area contributed by atoms with Crippen LogP contribution in [-0.4, -0.2) is 41.9 Å². The Morgan fingerprint density at radius 2 is 1.73 bits per heavy atom. The van der Waals surface area contributed by atoms with Crippen LogP contribution in [0.2, 0.25) is 0 Å². The molecule has 33 heavy (non-hydrogen) atoms. The van der Waals surface area contributed by atoms with Crippen molar-refractivity contribution in [3.8, 4) is 0 Å². The van der Waals surface area contributed by atoms with Crippen molar-refractivity contribution in [1.29, 1.82) is 0 Å². The Balaban J connectivity index is 1.85. The highest BCUT2D eigenvalue weighted by Crippen LogP contribution is 2.31. The molecule has 9 nitrogen and oxygen atoms in total. The third-order valence-corrected chi connectivity index (χ3v) is 4.94. The Bertz CT molecular complexity index is 1000. The van der Waals surface area contributed by atoms with Gasteiger partial charge in [-0.25, -0.2) is 4.79 Å². The molecule has 3 rings (SSSR count). The molecule has 0 saturated carbocycles. The first-order valence-corrected chi connectivity index (χ1v) is 9.95. The van der Waals surface area contributed by atoms with E-state index in [0.717, 1.165) is 4.90 Å². The maximum atomic E-state index is 13.2. The van der Waals surface area contributed by atoms with Crippen LogP contribution in [-0.2, 0) is 21.0 Å². The molecule has 1 aliphatic heterocycles. The third kappa shape index (κ3) is 6.37. The number of anilines is 1. The van der Waals surface area contributed by atoms with Gasteiger partial charge < -0.3 is 4.74 Å². The lowest BCUT2D eigenvalue weighted by Crippen LogP contribution is -2.52. The summed E-state index contributed by atoms with van der Waals surface area (Å²) in [6.07, 6.45) is -5.79. The smallest absolute Gasteiger partial charge is 0.445 e. The molecule has 1 aliphatic rings. The highest BCUT2D eigenvalue weighted by Gasteiger charge is 2.46. The minimum Gasteiger partial charge on any atom is -0.445 e. The molecule has 2 atom stereocenters. The molecule has 0 aromatic heterocycles. The molecule has 174 valence electrons. The second-order valence-electron chi connectivity index (χ2n) is 7.11. The number of alkyl halides is 3. The minimum absolute atomic E-state index is 0.0371. The molecule has 2 aromatic rings. The van der Waals surface area contributed by atoms with E-state index in [0.29, 0.717) is 5.56 Å². The second kappa shape index (κ2) is 10.7. The molecule has 0 aliphatic carbocycles. The van der Waals surface area contributed by atoms with Crippen molar-refractivity contribution in [2.24, 2.45) is 5.11 Å². The molecule has 2 amide bonds. The average molecular weight is 463 g/mol. The maximum absolute atomic E-state index is 13.2. The first-order valence-electron chi connectivity index (χ1n) is 9.95. The number of hydrogen-bond acceptors (Lipinski definition) is 5. The first kappa shape index (κ1) is 23.9. The van der Waals surface area contributed by atoms with E-state index in [1.54, 1.807) is 36.4 Å². The molecule has 1 fully saturated rings. The van der Waals surface area contributed by atoms with Crippen molar-refractivity contribution in [3.05, 3.63) is 76.7 Å². The number of carbonyl (C=O) groups is 2. The number of ether oxygens (including phenoxy) is 1. The minimum atomic E-state index is -5.15. The molecule has 2 aromatic carbocycles. The van der Waals surface area contributed by atoms with Crippen LogP contribution in [0.1, 0.15) is 18.4 Å². The molecule has 2 unspecified atom stereocenters. The van der Waals surface area contributed by atoms with Gasteiger partial charge in [-0.05, 0) is 36.1 Å². The molecular formula is C21H20F3N5O4. The van der Waals surface area contributed by atoms with Gasteiger partial charge in [-0.1, -0.05) is 53.6 Å². The van der Waals surface area contributed by atoms with Gasteiger partial charge in [0.25, 0.3) is 5.91 Å². The summed E-state index contributed by atoms with van der Waals surface area (Å²) in [4.78, 5) is 33.8. The molecular weight excluding hydrogens is 443 g/mol. The van der Waals surface area contributed by atoms with E-state index in [4.69, 9.17) is 10.3 Å². The Morgan fingerprint density at radius 3 is 2.33 bits per heavy atom. The van der Waals surface area contributed by atoms with E-state index in [-0.39, 0.29) is 36.7 Å². The van der Waals surface area contributed by atoms with Crippen LogP contribution in [0.3, 0.4) is 0 Å². The third-order valence-electron chi connectivity index (χ3n) is 4.94. The van der Waals surface area contributed by atoms with Gasteiger partial charge in [-0.2, -0.15) is 9.90 Å². The van der Waals surface area contributed by atoms with Crippen molar-refractivity contribution in [3.63, 3.8) is 0 Å². The summed E-state index contributed by atoms with van der Waals surface area (Å²) >= 11 is 0. The summed E-state index contributed by atoms with van der Waals surface area (Å²) in [7, 11) is 0. The van der Waals surface area contributed by atoms with E-state index in [2.05, 4.69) is 14.9 Å². The average Bonchev–Trinajstić information content (AvgIpc) is 3.24. The molecule has 12 heteroatoms. The van der Waals surface area contributed by atoms with Gasteiger partial charge in [0.1, 0.15) is 12.6 Å². The van der Waals surface area contributed by atoms with Gasteiger partial charge in [0, 0.05) is 17.5 Å². The van der Waals surface area contributed by atoms with Gasteiger partial charge in [-0.3, -0.25) is 9.69 Å². The largest absolute Gasteiger partial charge is 0.544 e. The number of para-hydroxylation sites is 1. The van der Waals surface area contributed by atoms with Gasteiger partial charge >= 0.3 is 12.5 Å². The van der Waals surface area contributed by atoms with Crippen molar-refractivity contribution in [2.45, 2.75) is 37.9 Å². The SMILES string of the molecule is [N-]=[N+]=NCC1CCC(C(=O)N(OC(F)(F)F)c2ccccc2)N1C(=O)OCc1ccccc1. The highest BCUT2D eigenvalue weighted by atomic mass is 19.4. The normalized spacial score (nSPS) is 17.8. The van der Waals surface area contributed by atoms with Crippen molar-refractivity contribution in [2.75, 3.05) is 11.6 Å². The fourth-order valence-electron chi connectivity index (χ4n) is 3.53. The summed E-state index contributed by atoms with van der Waals surface area (Å²) < 4.78 is 44.5. The topological polar surface area (TPSA) is 108 Å². The van der Waals surface area contributed by atoms with Gasteiger partial charge in [0.15, 0.2) is 0 Å². The van der Waals surface area contributed by atoms with Crippen LogP contribution in [0, 0.1) is 0 Å². The summed E-state index contributed by atoms with van der Waals surface area (Å²) in [5, 5.41) is 3.58. The molecule has 0 spiro atoms. The van der Waals surface area contributed by atoms with E-state index < -0.39 is 30.4 Å². The second-order valence-corrected chi connectivity index (χ2v) is 7.11. The number of azide groups is 1. The lowest BCUT2D eigenvalue weighted by atomic mass is 10.2. The number of carbonyl (C=O) groups excluding carboxylic acids is 2. The van der Waals surface area contributed by atoms with E-state index >= 15 is 0 Å². The standard InChI is InChI=1S/C21H20F3N5O4/c22-21(23,24)33-29(16-9-5-2-6-10-16)19(30)18-12-11-17(13-26-27-25)28(18)20(31)32-14-15-7-3-1-4-8-15/h1-10,17-18H,11-14H2. The van der Waals surface area contributed by atoms with Crippen LogP contribution in [0.25, 0.3) is 10.4 Å². The number of likely N-dealkylation sites (tertiary alicyclic amines) is 1. The first-order chi connectivity index (χ1) is 15.8. The Labute approximate surface area is 186 Å². The van der Waals surface area contributed by atoms with Crippen LogP contribution in [0.5, 0.6) is 0 Å². The number of hydrogen-bond donors (Lipinski definition) is 0. The predicted octanol–water partition coefficient (Wildman–Crippen LogP) is 4.95. The van der Waals surface area contributed by atoms with E-state index in [1.807, 2.05) is 0 Å². The zero-order valence-electron chi connectivity index (χ0n) is 17.3. The number of hydroxylamine groups is 1. The van der Waals surface area contributed by atoms with Gasteiger partial charge in [-0.15, -0.1) is 13.2 Å². The maximum Gasteiger partial charge on any atom is 0.544 e. The quantitative estimate of drug-likeness (QED) is 0.250. The monoisotopic (exact) mass is 463 g/mol. The molecule has 1 saturated heterocycles. The zero-order chi connectivity index (χ0) is 23.8. The number of benzene rings is 2. The zero-order valence-corrected chi connectivity index (χ0v) is 17.3. The van der Waals surface area contributed by atoms with Crippen molar-refractivity contribution in [1.82, 2.24) is 4.90 Å². The van der Waals surface area contributed by atoms with Gasteiger partial charge in [0.2, 0.25) is 0 Å². The Morgan fingerprint density at radius 1 is 1.09 bits per heavy atom. The lowest BCUT2D eigenvalue weighted by molar-refractivity contribution is -0.327. The fourth-order valence-corrected chi connectivity index (χ4v) is 3.53. The van der Waals surface area contributed by atoms with Crippen LogP contribution < -0.4 is 5.06 Å². The highest BCUT2D eigenvalue weighted by molar-refractivity contribution is 5.97. The number of halogens is 3. The summed E-state index contributed by atoms with van der Waals surface area (Å²) in [6.45, 7) is -0.265. The van der Waals surface area contributed by atoms with Crippen LogP contribution >= 0.6 is 0 Å². The van der Waals surface area contributed by atoms with E-state index in [1.165, 1.54) is 24.3 Å². The molecule has 1 heterocycles. The molecule has 0 N–H and O–H groups in total. The Kier molecular flexibility index (Phi) is 7.75. The molecule has 0 radical (unpaired) electrons. The van der Waals surface area contributed by atoms with Crippen molar-refractivity contribution < 1.29 is 32.3 Å². The van der Waals surface area contributed by atoms with Crippen LogP contribution in [0.4, 0.5) is 23.7 Å². The van der Waals surface area contributed by atoms with Crippen molar-refractivity contribution >= 4 is 17.7 Å². The number of amides is 2. The lowest BCUT2D eigenvalue weighted by Gasteiger charge is -2.31. The van der Waals surface area contributed by atoms with Gasteiger partial charge in [0.05, 0.1) is 5.69 Å². The summed E-state index contributed by atoms with van der Waals surface area (Å²) in [5.41, 5.74) is 9.18. The van der Waals surface area contributed by atoms with E-state index in [9.17, 15) is 22.8 Å². The fraction of sp³-hybridized carbons (Fsp3) is 0.333. The molecule has 0 bridgehead atoms. The summed E-state index contributed by atoms with van der Waals surface area (Å²) in [5.74, 6) is -1.10. The summed E-state index contributed by atoms with van der Waals surface area (Å²) in [6, 6.07) is 13.7. The predicted molar refractivity (Wildman–Crippen MR) is 110 cm³/mol. The Hall–Kier alpha value is -3.76. The van der Waals surface area contributed by atoms with Crippen LogP contribution in [0.15, 0.2) is 65.8 Å². The number of nitrogens with zero attached hydrogens (tertiary/aromatic N) is 5. The number of rotatable bonds is 7.